The van der Waals surface area contributed by atoms with Crippen LogP contribution in [0.2, 0.25) is 0 Å². The van der Waals surface area contributed by atoms with Gasteiger partial charge in [0.2, 0.25) is 0 Å². The van der Waals surface area contributed by atoms with Gasteiger partial charge < -0.3 is 10.8 Å². The number of hydrogen-bond donors (Lipinski definition) is 2. The molecule has 1 unspecified atom stereocenters. The number of phenolic OH excluding ortho intramolecular Hbond substituents is 1. The first kappa shape index (κ1) is 11.1. The molecule has 2 heteroatoms. The number of benzene rings is 1. The van der Waals surface area contributed by atoms with Crippen molar-refractivity contribution in [1.82, 2.24) is 0 Å². The lowest BCUT2D eigenvalue weighted by molar-refractivity contribution is 0.277. The summed E-state index contributed by atoms with van der Waals surface area (Å²) < 4.78 is 0. The zero-order valence-corrected chi connectivity index (χ0v) is 10.2. The van der Waals surface area contributed by atoms with Crippen LogP contribution < -0.4 is 5.73 Å². The Morgan fingerprint density at radius 2 is 1.94 bits per heavy atom. The number of nitrogens with two attached hydrogens (primary N) is 1. The lowest BCUT2D eigenvalue weighted by Gasteiger charge is -2.39. The van der Waals surface area contributed by atoms with Crippen molar-refractivity contribution in [3.05, 3.63) is 29.3 Å². The van der Waals surface area contributed by atoms with Gasteiger partial charge in [0.05, 0.1) is 0 Å². The molecule has 1 saturated carbocycles. The van der Waals surface area contributed by atoms with Crippen LogP contribution in [0.4, 0.5) is 0 Å². The van der Waals surface area contributed by atoms with Crippen LogP contribution in [-0.4, -0.2) is 11.1 Å². The summed E-state index contributed by atoms with van der Waals surface area (Å²) >= 11 is 0. The van der Waals surface area contributed by atoms with E-state index < -0.39 is 0 Å². The van der Waals surface area contributed by atoms with E-state index in [1.54, 1.807) is 0 Å². The van der Waals surface area contributed by atoms with Crippen LogP contribution in [0.1, 0.15) is 49.1 Å². The van der Waals surface area contributed by atoms with Crippen LogP contribution >= 0.6 is 0 Å². The maximum Gasteiger partial charge on any atom is 0.115 e. The summed E-state index contributed by atoms with van der Waals surface area (Å²) in [7, 11) is 0. The second kappa shape index (κ2) is 4.34. The van der Waals surface area contributed by atoms with Gasteiger partial charge in [-0.15, -0.1) is 0 Å². The van der Waals surface area contributed by atoms with Gasteiger partial charge in [0.15, 0.2) is 0 Å². The maximum absolute atomic E-state index is 9.66. The molecule has 0 aliphatic heterocycles. The van der Waals surface area contributed by atoms with E-state index >= 15 is 0 Å². The van der Waals surface area contributed by atoms with Gasteiger partial charge in [0.25, 0.3) is 0 Å². The lowest BCUT2D eigenvalue weighted by Crippen LogP contribution is -2.42. The maximum atomic E-state index is 9.66. The smallest absolute Gasteiger partial charge is 0.115 e. The Balaban J connectivity index is 2.02. The lowest BCUT2D eigenvalue weighted by atomic mass is 9.68. The van der Waals surface area contributed by atoms with Gasteiger partial charge in [0.1, 0.15) is 5.75 Å². The summed E-state index contributed by atoms with van der Waals surface area (Å²) in [6.07, 6.45) is 7.52. The standard InChI is InChI=1S/C15H21NO/c16-15-11-4-2-1-3-5-13(15)14-9-12(17)7-6-10(14)8-11/h6-7,9,11,13,15,17H,1-5,8,16H2/t11-,13?,15-/m0/s1. The fourth-order valence-corrected chi connectivity index (χ4v) is 3.66. The van der Waals surface area contributed by atoms with Gasteiger partial charge in [-0.1, -0.05) is 25.3 Å². The Labute approximate surface area is 103 Å². The fourth-order valence-electron chi connectivity index (χ4n) is 3.66. The van der Waals surface area contributed by atoms with Crippen molar-refractivity contribution in [3.8, 4) is 5.75 Å². The molecule has 3 rings (SSSR count). The van der Waals surface area contributed by atoms with E-state index in [2.05, 4.69) is 6.07 Å². The largest absolute Gasteiger partial charge is 0.508 e. The van der Waals surface area contributed by atoms with Crippen molar-refractivity contribution in [2.45, 2.75) is 50.5 Å². The van der Waals surface area contributed by atoms with Crippen LogP contribution in [0, 0.1) is 5.92 Å². The highest BCUT2D eigenvalue weighted by Crippen LogP contribution is 2.41. The number of aromatic hydroxyl groups is 1. The molecule has 92 valence electrons. The van der Waals surface area contributed by atoms with Gasteiger partial charge in [0, 0.05) is 6.04 Å². The minimum Gasteiger partial charge on any atom is -0.508 e. The van der Waals surface area contributed by atoms with Crippen LogP contribution in [0.25, 0.3) is 0 Å². The van der Waals surface area contributed by atoms with E-state index in [1.165, 1.54) is 43.2 Å². The van der Waals surface area contributed by atoms with Crippen molar-refractivity contribution < 1.29 is 5.11 Å². The average Bonchev–Trinajstić information content (AvgIpc) is 2.32. The van der Waals surface area contributed by atoms with E-state index in [4.69, 9.17) is 5.73 Å². The Morgan fingerprint density at radius 1 is 1.12 bits per heavy atom. The number of rotatable bonds is 0. The van der Waals surface area contributed by atoms with E-state index in [-0.39, 0.29) is 0 Å². The van der Waals surface area contributed by atoms with Crippen molar-refractivity contribution in [2.24, 2.45) is 11.7 Å². The van der Waals surface area contributed by atoms with Crippen molar-refractivity contribution >= 4 is 0 Å². The average molecular weight is 231 g/mol. The molecule has 1 fully saturated rings. The molecule has 2 aliphatic carbocycles. The summed E-state index contributed by atoms with van der Waals surface area (Å²) in [6, 6.07) is 6.15. The molecule has 0 spiro atoms. The van der Waals surface area contributed by atoms with Gasteiger partial charge in [-0.25, -0.2) is 0 Å². The van der Waals surface area contributed by atoms with E-state index in [0.29, 0.717) is 23.6 Å². The molecule has 1 aromatic rings. The molecule has 0 radical (unpaired) electrons. The highest BCUT2D eigenvalue weighted by Gasteiger charge is 2.34. The summed E-state index contributed by atoms with van der Waals surface area (Å²) in [5.41, 5.74) is 9.17. The third-order valence-electron chi connectivity index (χ3n) is 4.61. The predicted molar refractivity (Wildman–Crippen MR) is 69.1 cm³/mol. The topological polar surface area (TPSA) is 46.2 Å². The minimum absolute atomic E-state index is 0.296. The summed E-state index contributed by atoms with van der Waals surface area (Å²) in [5.74, 6) is 1.50. The molecule has 3 atom stereocenters. The SMILES string of the molecule is N[C@@H]1C2CCCCC[C@H]1Cc1ccc(O)cc12. The number of phenols is 1. The van der Waals surface area contributed by atoms with Crippen molar-refractivity contribution in [1.29, 1.82) is 0 Å². The summed E-state index contributed by atoms with van der Waals surface area (Å²) in [5, 5.41) is 9.66. The molecule has 0 heterocycles. The monoisotopic (exact) mass is 231 g/mol. The summed E-state index contributed by atoms with van der Waals surface area (Å²) in [4.78, 5) is 0. The van der Waals surface area contributed by atoms with E-state index in [9.17, 15) is 5.11 Å². The highest BCUT2D eigenvalue weighted by atomic mass is 16.3. The first-order valence-corrected chi connectivity index (χ1v) is 6.83. The summed E-state index contributed by atoms with van der Waals surface area (Å²) in [6.45, 7) is 0. The molecule has 17 heavy (non-hydrogen) atoms. The highest BCUT2D eigenvalue weighted by molar-refractivity contribution is 5.40. The predicted octanol–water partition coefficient (Wildman–Crippen LogP) is 2.94. The van der Waals surface area contributed by atoms with Gasteiger partial charge in [-0.2, -0.15) is 0 Å². The Kier molecular flexibility index (Phi) is 2.83. The fraction of sp³-hybridized carbons (Fsp3) is 0.600. The quantitative estimate of drug-likeness (QED) is 0.721. The van der Waals surface area contributed by atoms with Gasteiger partial charge in [-0.3, -0.25) is 0 Å². The first-order valence-electron chi connectivity index (χ1n) is 6.83. The Morgan fingerprint density at radius 3 is 2.82 bits per heavy atom. The molecule has 2 aliphatic rings. The van der Waals surface area contributed by atoms with Gasteiger partial charge in [-0.05, 0) is 54.4 Å². The van der Waals surface area contributed by atoms with Crippen LogP contribution in [0.3, 0.4) is 0 Å². The third-order valence-corrected chi connectivity index (χ3v) is 4.61. The van der Waals surface area contributed by atoms with Crippen LogP contribution in [0.15, 0.2) is 18.2 Å². The minimum atomic E-state index is 0.296. The van der Waals surface area contributed by atoms with Crippen LogP contribution in [0.5, 0.6) is 5.75 Å². The molecular formula is C15H21NO. The second-order valence-corrected chi connectivity index (χ2v) is 5.67. The molecular weight excluding hydrogens is 210 g/mol. The van der Waals surface area contributed by atoms with Crippen LogP contribution in [-0.2, 0) is 6.42 Å². The molecule has 1 aromatic carbocycles. The first-order chi connectivity index (χ1) is 8.25. The normalized spacial score (nSPS) is 32.4. The van der Waals surface area contributed by atoms with Gasteiger partial charge >= 0.3 is 0 Å². The molecule has 2 bridgehead atoms. The second-order valence-electron chi connectivity index (χ2n) is 5.67. The molecule has 2 nitrogen and oxygen atoms in total. The van der Waals surface area contributed by atoms with Crippen molar-refractivity contribution in [2.75, 3.05) is 0 Å². The molecule has 0 amide bonds. The van der Waals surface area contributed by atoms with E-state index in [0.717, 1.165) is 6.42 Å². The van der Waals surface area contributed by atoms with E-state index in [1.807, 2.05) is 12.1 Å². The van der Waals surface area contributed by atoms with Crippen molar-refractivity contribution in [3.63, 3.8) is 0 Å². The number of hydrogen-bond acceptors (Lipinski definition) is 2. The molecule has 0 saturated heterocycles. The molecule has 0 aromatic heterocycles. The zero-order valence-electron chi connectivity index (χ0n) is 10.2. The third kappa shape index (κ3) is 1.95. The Hall–Kier alpha value is -1.02. The zero-order chi connectivity index (χ0) is 11.8. The number of fused-ring (bicyclic) bond motifs is 4. The Bertz CT molecular complexity index is 415. The molecule has 3 N–H and O–H groups in total.